The normalized spacial score (nSPS) is 18.3. The first-order valence-electron chi connectivity index (χ1n) is 6.92. The summed E-state index contributed by atoms with van der Waals surface area (Å²) in [5, 5.41) is 15.7. The highest BCUT2D eigenvalue weighted by Crippen LogP contribution is 2.21. The molecule has 1 atom stereocenters. The van der Waals surface area contributed by atoms with Crippen LogP contribution in [0.4, 0.5) is 5.69 Å². The van der Waals surface area contributed by atoms with E-state index in [2.05, 4.69) is 10.6 Å². The van der Waals surface area contributed by atoms with Crippen molar-refractivity contribution < 1.29 is 4.79 Å². The van der Waals surface area contributed by atoms with Crippen LogP contribution in [0.15, 0.2) is 18.2 Å². The summed E-state index contributed by atoms with van der Waals surface area (Å²) in [7, 11) is 0. The number of rotatable bonds is 4. The summed E-state index contributed by atoms with van der Waals surface area (Å²) < 4.78 is 0. The number of nitrogens with one attached hydrogen (secondary N) is 2. The summed E-state index contributed by atoms with van der Waals surface area (Å²) in [6.45, 7) is 1.04. The van der Waals surface area contributed by atoms with Crippen molar-refractivity contribution in [2.75, 3.05) is 11.9 Å². The number of hydrogen-bond donors (Lipinski definition) is 2. The molecule has 106 valence electrons. The Morgan fingerprint density at radius 1 is 1.50 bits per heavy atom. The summed E-state index contributed by atoms with van der Waals surface area (Å²) in [6.07, 6.45) is 4.86. The van der Waals surface area contributed by atoms with E-state index in [1.165, 1.54) is 12.8 Å². The quantitative estimate of drug-likeness (QED) is 0.896. The molecule has 2 rings (SSSR count). The van der Waals surface area contributed by atoms with Gasteiger partial charge in [0.2, 0.25) is 5.91 Å². The fraction of sp³-hybridized carbons (Fsp3) is 0.467. The second-order valence-electron chi connectivity index (χ2n) is 5.04. The van der Waals surface area contributed by atoms with Crippen molar-refractivity contribution in [3.8, 4) is 6.07 Å². The minimum atomic E-state index is -0.0730. The van der Waals surface area contributed by atoms with Crippen molar-refractivity contribution in [1.29, 1.82) is 5.26 Å². The van der Waals surface area contributed by atoms with Gasteiger partial charge in [-0.1, -0.05) is 18.0 Å². The molecule has 0 aromatic heterocycles. The average Bonchev–Trinajstić information content (AvgIpc) is 2.46. The molecule has 5 heteroatoms. The Labute approximate surface area is 124 Å². The molecule has 1 fully saturated rings. The van der Waals surface area contributed by atoms with Crippen molar-refractivity contribution in [1.82, 2.24) is 5.32 Å². The molecular weight excluding hydrogens is 274 g/mol. The Bertz CT molecular complexity index is 518. The highest BCUT2D eigenvalue weighted by atomic mass is 35.5. The number of halogens is 1. The maximum Gasteiger partial charge on any atom is 0.224 e. The second-order valence-corrected chi connectivity index (χ2v) is 5.47. The van der Waals surface area contributed by atoms with E-state index in [4.69, 9.17) is 16.9 Å². The van der Waals surface area contributed by atoms with Gasteiger partial charge in [0.15, 0.2) is 0 Å². The molecule has 0 spiro atoms. The van der Waals surface area contributed by atoms with Crippen molar-refractivity contribution in [3.05, 3.63) is 28.8 Å². The summed E-state index contributed by atoms with van der Waals surface area (Å²) in [6, 6.07) is 7.34. The topological polar surface area (TPSA) is 64.9 Å². The van der Waals surface area contributed by atoms with Crippen LogP contribution in [0.1, 0.15) is 37.7 Å². The number of amides is 1. The molecule has 0 bridgehead atoms. The van der Waals surface area contributed by atoms with Crippen LogP contribution in [-0.2, 0) is 4.79 Å². The molecule has 1 aliphatic rings. The van der Waals surface area contributed by atoms with Gasteiger partial charge in [0, 0.05) is 17.5 Å². The largest absolute Gasteiger partial charge is 0.325 e. The molecule has 1 unspecified atom stereocenters. The Hall–Kier alpha value is -1.57. The Balaban J connectivity index is 1.88. The summed E-state index contributed by atoms with van der Waals surface area (Å²) in [4.78, 5) is 11.9. The van der Waals surface area contributed by atoms with Gasteiger partial charge in [0.05, 0.1) is 11.3 Å². The molecular formula is C15H18ClN3O. The monoisotopic (exact) mass is 291 g/mol. The van der Waals surface area contributed by atoms with Gasteiger partial charge >= 0.3 is 0 Å². The van der Waals surface area contributed by atoms with Gasteiger partial charge in [0.1, 0.15) is 6.07 Å². The molecule has 0 saturated carbocycles. The lowest BCUT2D eigenvalue weighted by molar-refractivity contribution is -0.116. The maximum atomic E-state index is 11.9. The summed E-state index contributed by atoms with van der Waals surface area (Å²) in [5.74, 6) is -0.0730. The minimum Gasteiger partial charge on any atom is -0.325 e. The van der Waals surface area contributed by atoms with Gasteiger partial charge in [-0.2, -0.15) is 5.26 Å². The average molecular weight is 292 g/mol. The third kappa shape index (κ3) is 4.22. The van der Waals surface area contributed by atoms with Crippen LogP contribution < -0.4 is 10.6 Å². The zero-order valence-electron chi connectivity index (χ0n) is 11.3. The maximum absolute atomic E-state index is 11.9. The standard InChI is InChI=1S/C15H18ClN3O/c16-12-5-4-11(10-17)14(9-12)19-15(20)7-6-13-3-1-2-8-18-13/h4-5,9,13,18H,1-3,6-8H2,(H,19,20). The van der Waals surface area contributed by atoms with E-state index in [0.29, 0.717) is 28.7 Å². The predicted molar refractivity (Wildman–Crippen MR) is 79.7 cm³/mol. The molecule has 1 saturated heterocycles. The number of piperidine rings is 1. The van der Waals surface area contributed by atoms with Crippen LogP contribution in [0.5, 0.6) is 0 Å². The van der Waals surface area contributed by atoms with Gasteiger partial charge in [0.25, 0.3) is 0 Å². The number of nitriles is 1. The van der Waals surface area contributed by atoms with Gasteiger partial charge in [-0.05, 0) is 44.0 Å². The van der Waals surface area contributed by atoms with E-state index in [-0.39, 0.29) is 5.91 Å². The van der Waals surface area contributed by atoms with Gasteiger partial charge in [-0.25, -0.2) is 0 Å². The highest BCUT2D eigenvalue weighted by molar-refractivity contribution is 6.31. The molecule has 1 heterocycles. The predicted octanol–water partition coefficient (Wildman–Crippen LogP) is 3.07. The minimum absolute atomic E-state index is 0.0730. The molecule has 1 amide bonds. The molecule has 20 heavy (non-hydrogen) atoms. The fourth-order valence-corrected chi connectivity index (χ4v) is 2.58. The van der Waals surface area contributed by atoms with E-state index in [0.717, 1.165) is 19.4 Å². The number of anilines is 1. The summed E-state index contributed by atoms with van der Waals surface area (Å²) in [5.41, 5.74) is 0.917. The third-order valence-electron chi connectivity index (χ3n) is 3.51. The van der Waals surface area contributed by atoms with Crippen LogP contribution in [0.25, 0.3) is 0 Å². The van der Waals surface area contributed by atoms with Crippen molar-refractivity contribution >= 4 is 23.2 Å². The van der Waals surface area contributed by atoms with Gasteiger partial charge in [-0.3, -0.25) is 4.79 Å². The molecule has 2 N–H and O–H groups in total. The molecule has 1 aromatic rings. The van der Waals surface area contributed by atoms with Crippen molar-refractivity contribution in [2.45, 2.75) is 38.1 Å². The SMILES string of the molecule is N#Cc1ccc(Cl)cc1NC(=O)CCC1CCCCN1. The van der Waals surface area contributed by atoms with Crippen LogP contribution in [0.3, 0.4) is 0 Å². The first-order chi connectivity index (χ1) is 9.69. The van der Waals surface area contributed by atoms with E-state index in [1.54, 1.807) is 18.2 Å². The molecule has 0 aliphatic carbocycles. The van der Waals surface area contributed by atoms with Crippen LogP contribution >= 0.6 is 11.6 Å². The van der Waals surface area contributed by atoms with Gasteiger partial charge in [-0.15, -0.1) is 0 Å². The number of hydrogen-bond acceptors (Lipinski definition) is 3. The zero-order chi connectivity index (χ0) is 14.4. The smallest absolute Gasteiger partial charge is 0.224 e. The fourth-order valence-electron chi connectivity index (χ4n) is 2.41. The van der Waals surface area contributed by atoms with Crippen LogP contribution in [0, 0.1) is 11.3 Å². The first kappa shape index (κ1) is 14.8. The van der Waals surface area contributed by atoms with Crippen LogP contribution in [-0.4, -0.2) is 18.5 Å². The number of nitrogens with zero attached hydrogens (tertiary/aromatic N) is 1. The molecule has 1 aromatic carbocycles. The molecule has 1 aliphatic heterocycles. The molecule has 4 nitrogen and oxygen atoms in total. The zero-order valence-corrected chi connectivity index (χ0v) is 12.0. The lowest BCUT2D eigenvalue weighted by Crippen LogP contribution is -2.34. The third-order valence-corrected chi connectivity index (χ3v) is 3.74. The Morgan fingerprint density at radius 2 is 2.35 bits per heavy atom. The van der Waals surface area contributed by atoms with Crippen LogP contribution in [0.2, 0.25) is 5.02 Å². The number of carbonyl (C=O) groups is 1. The van der Waals surface area contributed by atoms with Crippen molar-refractivity contribution in [2.24, 2.45) is 0 Å². The van der Waals surface area contributed by atoms with E-state index in [9.17, 15) is 4.79 Å². The molecule has 0 radical (unpaired) electrons. The van der Waals surface area contributed by atoms with Crippen molar-refractivity contribution in [3.63, 3.8) is 0 Å². The Kier molecular flexibility index (Phi) is 5.40. The number of benzene rings is 1. The lowest BCUT2D eigenvalue weighted by atomic mass is 10.0. The lowest BCUT2D eigenvalue weighted by Gasteiger charge is -2.23. The second kappa shape index (κ2) is 7.28. The van der Waals surface area contributed by atoms with E-state index in [1.807, 2.05) is 6.07 Å². The highest BCUT2D eigenvalue weighted by Gasteiger charge is 2.14. The van der Waals surface area contributed by atoms with Gasteiger partial charge < -0.3 is 10.6 Å². The first-order valence-corrected chi connectivity index (χ1v) is 7.29. The summed E-state index contributed by atoms with van der Waals surface area (Å²) >= 11 is 5.89. The number of carbonyl (C=O) groups excluding carboxylic acids is 1. The Morgan fingerprint density at radius 3 is 3.05 bits per heavy atom. The van der Waals surface area contributed by atoms with E-state index < -0.39 is 0 Å². The van der Waals surface area contributed by atoms with E-state index >= 15 is 0 Å².